The van der Waals surface area contributed by atoms with E-state index in [2.05, 4.69) is 9.97 Å². The van der Waals surface area contributed by atoms with Gasteiger partial charge in [-0.05, 0) is 6.92 Å². The molecule has 0 saturated carbocycles. The van der Waals surface area contributed by atoms with Crippen molar-refractivity contribution in [1.82, 2.24) is 9.97 Å². The molecule has 1 fully saturated rings. The second-order valence-electron chi connectivity index (χ2n) is 4.65. The molecular formula is C12H14F3N3O3. The summed E-state index contributed by atoms with van der Waals surface area (Å²) in [5.41, 5.74) is 0. The highest BCUT2D eigenvalue weighted by Gasteiger charge is 2.52. The zero-order valence-electron chi connectivity index (χ0n) is 11.2. The van der Waals surface area contributed by atoms with E-state index in [0.29, 0.717) is 6.61 Å². The molecule has 1 aromatic heterocycles. The second-order valence-corrected chi connectivity index (χ2v) is 4.65. The summed E-state index contributed by atoms with van der Waals surface area (Å²) in [5.74, 6) is -4.53. The van der Waals surface area contributed by atoms with Gasteiger partial charge in [0.15, 0.2) is 5.82 Å². The molecule has 2 atom stereocenters. The van der Waals surface area contributed by atoms with Gasteiger partial charge in [0.05, 0.1) is 30.8 Å². The van der Waals surface area contributed by atoms with Crippen LogP contribution in [0.5, 0.6) is 5.88 Å². The van der Waals surface area contributed by atoms with Crippen LogP contribution >= 0.6 is 0 Å². The Morgan fingerprint density at radius 2 is 2.19 bits per heavy atom. The van der Waals surface area contributed by atoms with E-state index >= 15 is 0 Å². The first kappa shape index (κ1) is 15.3. The summed E-state index contributed by atoms with van der Waals surface area (Å²) in [6, 6.07) is 0. The van der Waals surface area contributed by atoms with Gasteiger partial charge in [-0.15, -0.1) is 0 Å². The van der Waals surface area contributed by atoms with Crippen molar-refractivity contribution in [3.05, 3.63) is 12.4 Å². The molecule has 0 aliphatic carbocycles. The SMILES string of the molecule is CCOc1cncc(N2C[C@@H](C(F)(F)F)[C@H](C(=O)O)C2)n1. The summed E-state index contributed by atoms with van der Waals surface area (Å²) < 4.78 is 43.9. The largest absolute Gasteiger partial charge is 0.481 e. The molecule has 6 nitrogen and oxygen atoms in total. The van der Waals surface area contributed by atoms with E-state index in [1.54, 1.807) is 6.92 Å². The van der Waals surface area contributed by atoms with E-state index in [9.17, 15) is 18.0 Å². The van der Waals surface area contributed by atoms with Gasteiger partial charge in [-0.2, -0.15) is 18.2 Å². The monoisotopic (exact) mass is 305 g/mol. The van der Waals surface area contributed by atoms with E-state index in [0.717, 1.165) is 0 Å². The van der Waals surface area contributed by atoms with Gasteiger partial charge >= 0.3 is 12.1 Å². The maximum atomic E-state index is 12.9. The highest BCUT2D eigenvalue weighted by atomic mass is 19.4. The topological polar surface area (TPSA) is 75.5 Å². The standard InChI is InChI=1S/C12H14F3N3O3/c1-2-21-10-4-16-3-9(17-10)18-5-7(11(19)20)8(6-18)12(13,14)15/h3-4,7-8H,2,5-6H2,1H3,(H,19,20)/t7-,8-/m1/s1. The third-order valence-electron chi connectivity index (χ3n) is 3.27. The Kier molecular flexibility index (Phi) is 4.19. The van der Waals surface area contributed by atoms with Gasteiger partial charge in [0.25, 0.3) is 0 Å². The number of alkyl halides is 3. The van der Waals surface area contributed by atoms with Crippen molar-refractivity contribution in [1.29, 1.82) is 0 Å². The number of aliphatic carboxylic acids is 1. The number of anilines is 1. The third-order valence-corrected chi connectivity index (χ3v) is 3.27. The highest BCUT2D eigenvalue weighted by Crippen LogP contribution is 2.39. The predicted molar refractivity (Wildman–Crippen MR) is 66.1 cm³/mol. The first-order chi connectivity index (χ1) is 9.82. The lowest BCUT2D eigenvalue weighted by atomic mass is 9.96. The van der Waals surface area contributed by atoms with E-state index in [1.165, 1.54) is 17.3 Å². The lowest BCUT2D eigenvalue weighted by Gasteiger charge is -2.18. The number of nitrogens with zero attached hydrogens (tertiary/aromatic N) is 3. The van der Waals surface area contributed by atoms with E-state index in [-0.39, 0.29) is 18.2 Å². The number of ether oxygens (including phenoxy) is 1. The van der Waals surface area contributed by atoms with Crippen LogP contribution < -0.4 is 9.64 Å². The molecule has 1 aliphatic heterocycles. The maximum absolute atomic E-state index is 12.9. The van der Waals surface area contributed by atoms with Crippen molar-refractivity contribution in [2.75, 3.05) is 24.6 Å². The highest BCUT2D eigenvalue weighted by molar-refractivity contribution is 5.72. The predicted octanol–water partition coefficient (Wildman–Crippen LogP) is 1.57. The molecule has 0 unspecified atom stereocenters. The van der Waals surface area contributed by atoms with Crippen LogP contribution in [0.4, 0.5) is 19.0 Å². The zero-order valence-corrected chi connectivity index (χ0v) is 11.2. The molecule has 1 aliphatic rings. The molecule has 9 heteroatoms. The van der Waals surface area contributed by atoms with Crippen molar-refractivity contribution in [3.8, 4) is 5.88 Å². The number of aromatic nitrogens is 2. The summed E-state index contributed by atoms with van der Waals surface area (Å²) in [4.78, 5) is 20.2. The van der Waals surface area contributed by atoms with Gasteiger partial charge in [-0.1, -0.05) is 0 Å². The number of carboxylic acids is 1. The fourth-order valence-corrected chi connectivity index (χ4v) is 2.28. The van der Waals surface area contributed by atoms with Crippen LogP contribution in [0.1, 0.15) is 6.92 Å². The van der Waals surface area contributed by atoms with E-state index in [1.807, 2.05) is 0 Å². The van der Waals surface area contributed by atoms with Crippen molar-refractivity contribution in [2.24, 2.45) is 11.8 Å². The number of carboxylic acid groups (broad SMARTS) is 1. The van der Waals surface area contributed by atoms with Gasteiger partial charge in [0.1, 0.15) is 0 Å². The number of hydrogen-bond donors (Lipinski definition) is 1. The first-order valence-corrected chi connectivity index (χ1v) is 6.32. The van der Waals surface area contributed by atoms with Crippen LogP contribution in [0.3, 0.4) is 0 Å². The minimum absolute atomic E-state index is 0.180. The molecule has 0 spiro atoms. The van der Waals surface area contributed by atoms with Crippen molar-refractivity contribution < 1.29 is 27.8 Å². The van der Waals surface area contributed by atoms with Gasteiger partial charge in [0, 0.05) is 13.1 Å². The number of halogens is 3. The van der Waals surface area contributed by atoms with Gasteiger partial charge < -0.3 is 14.7 Å². The lowest BCUT2D eigenvalue weighted by molar-refractivity contribution is -0.187. The van der Waals surface area contributed by atoms with Crippen LogP contribution in [-0.4, -0.2) is 46.9 Å². The normalized spacial score (nSPS) is 22.4. The molecule has 1 saturated heterocycles. The molecule has 0 aromatic carbocycles. The van der Waals surface area contributed by atoms with Crippen LogP contribution in [0.25, 0.3) is 0 Å². The number of hydrogen-bond acceptors (Lipinski definition) is 5. The number of rotatable bonds is 4. The molecule has 0 radical (unpaired) electrons. The van der Waals surface area contributed by atoms with Crippen LogP contribution in [0.2, 0.25) is 0 Å². The van der Waals surface area contributed by atoms with Gasteiger partial charge in [-0.25, -0.2) is 0 Å². The molecule has 1 aromatic rings. The minimum Gasteiger partial charge on any atom is -0.481 e. The molecule has 116 valence electrons. The fraction of sp³-hybridized carbons (Fsp3) is 0.583. The first-order valence-electron chi connectivity index (χ1n) is 6.32. The second kappa shape index (κ2) is 5.74. The maximum Gasteiger partial charge on any atom is 0.394 e. The Morgan fingerprint density at radius 3 is 2.71 bits per heavy atom. The Balaban J connectivity index is 2.22. The minimum atomic E-state index is -4.57. The molecule has 21 heavy (non-hydrogen) atoms. The van der Waals surface area contributed by atoms with Crippen molar-refractivity contribution >= 4 is 11.8 Å². The smallest absolute Gasteiger partial charge is 0.394 e. The summed E-state index contributed by atoms with van der Waals surface area (Å²) in [7, 11) is 0. The third kappa shape index (κ3) is 3.34. The van der Waals surface area contributed by atoms with Crippen LogP contribution in [0.15, 0.2) is 12.4 Å². The van der Waals surface area contributed by atoms with Crippen molar-refractivity contribution in [2.45, 2.75) is 13.1 Å². The summed E-state index contributed by atoms with van der Waals surface area (Å²) in [6.45, 7) is 1.37. The molecule has 2 heterocycles. The Labute approximate surface area is 118 Å². The summed E-state index contributed by atoms with van der Waals surface area (Å²) >= 11 is 0. The van der Waals surface area contributed by atoms with Gasteiger partial charge in [0.2, 0.25) is 5.88 Å². The average molecular weight is 305 g/mol. The Bertz CT molecular complexity index is 524. The lowest BCUT2D eigenvalue weighted by Crippen LogP contribution is -2.33. The molecule has 2 rings (SSSR count). The molecule has 0 amide bonds. The Morgan fingerprint density at radius 1 is 1.48 bits per heavy atom. The van der Waals surface area contributed by atoms with E-state index < -0.39 is 30.5 Å². The molecular weight excluding hydrogens is 291 g/mol. The fourth-order valence-electron chi connectivity index (χ4n) is 2.28. The Hall–Kier alpha value is -2.06. The summed E-state index contributed by atoms with van der Waals surface area (Å²) in [6.07, 6.45) is -1.93. The van der Waals surface area contributed by atoms with E-state index in [4.69, 9.17) is 9.84 Å². The molecule has 1 N–H and O–H groups in total. The average Bonchev–Trinajstić information content (AvgIpc) is 2.84. The van der Waals surface area contributed by atoms with Crippen molar-refractivity contribution in [3.63, 3.8) is 0 Å². The number of carbonyl (C=O) groups is 1. The van der Waals surface area contributed by atoms with Crippen LogP contribution in [-0.2, 0) is 4.79 Å². The quantitative estimate of drug-likeness (QED) is 0.910. The zero-order chi connectivity index (χ0) is 15.6. The van der Waals surface area contributed by atoms with Crippen LogP contribution in [0, 0.1) is 11.8 Å². The molecule has 0 bridgehead atoms. The summed E-state index contributed by atoms with van der Waals surface area (Å²) in [5, 5.41) is 8.96. The van der Waals surface area contributed by atoms with Gasteiger partial charge in [-0.3, -0.25) is 9.78 Å².